The fraction of sp³-hybridized carbons (Fsp3) is 0.167. The lowest BCUT2D eigenvalue weighted by Crippen LogP contribution is -2.08. The number of nitrogens with zero attached hydrogens (tertiary/aromatic N) is 5. The molecule has 0 amide bonds. The lowest BCUT2D eigenvalue weighted by Gasteiger charge is -2.10. The van der Waals surface area contributed by atoms with Crippen molar-refractivity contribution in [1.29, 1.82) is 0 Å². The van der Waals surface area contributed by atoms with Gasteiger partial charge < -0.3 is 10.3 Å². The number of nitrogens with one attached hydrogen (secondary N) is 2. The van der Waals surface area contributed by atoms with Crippen LogP contribution in [0.25, 0.3) is 39.2 Å². The van der Waals surface area contributed by atoms with Crippen molar-refractivity contribution in [3.63, 3.8) is 0 Å². The molecule has 2 N–H and O–H groups in total. The molecule has 0 aliphatic carbocycles. The van der Waals surface area contributed by atoms with E-state index in [0.29, 0.717) is 34.9 Å². The average Bonchev–Trinajstić information content (AvgIpc) is 3.43. The first-order chi connectivity index (χ1) is 15.6. The van der Waals surface area contributed by atoms with Crippen LogP contribution in [0.4, 0.5) is 10.2 Å². The van der Waals surface area contributed by atoms with Crippen LogP contribution in [0.3, 0.4) is 0 Å². The molecule has 32 heavy (non-hydrogen) atoms. The summed E-state index contributed by atoms with van der Waals surface area (Å²) in [6.45, 7) is 6.77. The SMILES string of the molecule is C=C(CC)n1cnc2c(NCCc3c[nH]c4ccccc34)nc(-c3cncc(F)c3)nc21. The lowest BCUT2D eigenvalue weighted by atomic mass is 10.1. The number of imidazole rings is 1. The largest absolute Gasteiger partial charge is 0.368 e. The first-order valence-corrected chi connectivity index (χ1v) is 10.5. The Morgan fingerprint density at radius 3 is 2.94 bits per heavy atom. The zero-order chi connectivity index (χ0) is 22.1. The fourth-order valence-electron chi connectivity index (χ4n) is 3.74. The summed E-state index contributed by atoms with van der Waals surface area (Å²) in [5.74, 6) is 0.535. The van der Waals surface area contributed by atoms with Gasteiger partial charge in [0.2, 0.25) is 0 Å². The standard InChI is InChI=1S/C24H22FN7/c1-3-15(2)32-14-29-21-23(27-9-8-16-12-28-20-7-5-4-6-19(16)20)30-22(31-24(21)32)17-10-18(25)13-26-11-17/h4-7,10-14,28H,2-3,8-9H2,1H3,(H,27,30,31). The van der Waals surface area contributed by atoms with Crippen LogP contribution in [0.5, 0.6) is 0 Å². The number of H-pyrrole nitrogens is 1. The molecule has 0 bridgehead atoms. The molecular formula is C24H22FN7. The number of aromatic nitrogens is 6. The zero-order valence-corrected chi connectivity index (χ0v) is 17.6. The van der Waals surface area contributed by atoms with Gasteiger partial charge in [0.15, 0.2) is 22.8 Å². The first kappa shape index (κ1) is 19.9. The third-order valence-electron chi connectivity index (χ3n) is 5.47. The molecule has 5 aromatic rings. The zero-order valence-electron chi connectivity index (χ0n) is 17.6. The van der Waals surface area contributed by atoms with E-state index in [-0.39, 0.29) is 0 Å². The highest BCUT2D eigenvalue weighted by Gasteiger charge is 2.16. The highest BCUT2D eigenvalue weighted by Crippen LogP contribution is 2.26. The lowest BCUT2D eigenvalue weighted by molar-refractivity contribution is 0.622. The first-order valence-electron chi connectivity index (χ1n) is 10.5. The smallest absolute Gasteiger partial charge is 0.170 e. The Kier molecular flexibility index (Phi) is 5.10. The molecule has 0 atom stereocenters. The minimum atomic E-state index is -0.438. The van der Waals surface area contributed by atoms with Gasteiger partial charge >= 0.3 is 0 Å². The van der Waals surface area contributed by atoms with Gasteiger partial charge in [0, 0.05) is 41.1 Å². The van der Waals surface area contributed by atoms with E-state index in [2.05, 4.69) is 48.9 Å². The van der Waals surface area contributed by atoms with Crippen LogP contribution in [-0.2, 0) is 6.42 Å². The van der Waals surface area contributed by atoms with Crippen molar-refractivity contribution in [2.75, 3.05) is 11.9 Å². The quantitative estimate of drug-likeness (QED) is 0.380. The van der Waals surface area contributed by atoms with Crippen LogP contribution in [0.1, 0.15) is 18.9 Å². The molecule has 5 rings (SSSR count). The Balaban J connectivity index is 1.50. The van der Waals surface area contributed by atoms with Crippen LogP contribution in [0.2, 0.25) is 0 Å². The van der Waals surface area contributed by atoms with Crippen LogP contribution in [0, 0.1) is 5.82 Å². The van der Waals surface area contributed by atoms with Crippen LogP contribution >= 0.6 is 0 Å². The van der Waals surface area contributed by atoms with E-state index >= 15 is 0 Å². The molecule has 0 saturated heterocycles. The maximum absolute atomic E-state index is 13.8. The van der Waals surface area contributed by atoms with Gasteiger partial charge in [0.1, 0.15) is 12.1 Å². The molecule has 0 aliphatic rings. The normalized spacial score (nSPS) is 11.3. The Morgan fingerprint density at radius 2 is 2.09 bits per heavy atom. The summed E-state index contributed by atoms with van der Waals surface area (Å²) in [7, 11) is 0. The van der Waals surface area contributed by atoms with Crippen molar-refractivity contribution in [1.82, 2.24) is 29.5 Å². The molecule has 0 aliphatic heterocycles. The van der Waals surface area contributed by atoms with Gasteiger partial charge in [0.25, 0.3) is 0 Å². The van der Waals surface area contributed by atoms with Crippen molar-refractivity contribution >= 4 is 33.6 Å². The minimum Gasteiger partial charge on any atom is -0.368 e. The van der Waals surface area contributed by atoms with Crippen molar-refractivity contribution in [3.8, 4) is 11.4 Å². The number of hydrogen-bond acceptors (Lipinski definition) is 5. The molecule has 1 aromatic carbocycles. The van der Waals surface area contributed by atoms with Crippen molar-refractivity contribution in [3.05, 3.63) is 73.2 Å². The van der Waals surface area contributed by atoms with E-state index in [4.69, 9.17) is 0 Å². The Labute approximate surface area is 184 Å². The second-order valence-corrected chi connectivity index (χ2v) is 7.53. The molecule has 0 saturated carbocycles. The van der Waals surface area contributed by atoms with Gasteiger partial charge in [0.05, 0.1) is 6.20 Å². The maximum atomic E-state index is 13.8. The van der Waals surface area contributed by atoms with Gasteiger partial charge in [-0.25, -0.2) is 19.3 Å². The number of anilines is 1. The van der Waals surface area contributed by atoms with Gasteiger partial charge in [-0.15, -0.1) is 0 Å². The molecular weight excluding hydrogens is 405 g/mol. The predicted octanol–water partition coefficient (Wildman–Crippen LogP) is 5.04. The summed E-state index contributed by atoms with van der Waals surface area (Å²) in [5.41, 5.74) is 4.97. The monoisotopic (exact) mass is 427 g/mol. The summed E-state index contributed by atoms with van der Waals surface area (Å²) in [5, 5.41) is 4.61. The van der Waals surface area contributed by atoms with Gasteiger partial charge in [-0.05, 0) is 30.5 Å². The van der Waals surface area contributed by atoms with Crippen molar-refractivity contribution < 1.29 is 4.39 Å². The second kappa shape index (κ2) is 8.22. The third-order valence-corrected chi connectivity index (χ3v) is 5.47. The number of hydrogen-bond donors (Lipinski definition) is 2. The molecule has 4 heterocycles. The van der Waals surface area contributed by atoms with E-state index in [1.54, 1.807) is 12.5 Å². The highest BCUT2D eigenvalue weighted by atomic mass is 19.1. The van der Waals surface area contributed by atoms with E-state index in [1.165, 1.54) is 17.0 Å². The third kappa shape index (κ3) is 3.60. The van der Waals surface area contributed by atoms with Crippen molar-refractivity contribution in [2.24, 2.45) is 0 Å². The number of halogens is 1. The van der Waals surface area contributed by atoms with E-state index in [1.807, 2.05) is 29.8 Å². The molecule has 4 aromatic heterocycles. The number of benzene rings is 1. The summed E-state index contributed by atoms with van der Waals surface area (Å²) in [6, 6.07) is 9.60. The minimum absolute atomic E-state index is 0.379. The second-order valence-electron chi connectivity index (χ2n) is 7.53. The Bertz CT molecular complexity index is 1430. The number of fused-ring (bicyclic) bond motifs is 2. The Hall–Kier alpha value is -4.07. The summed E-state index contributed by atoms with van der Waals surface area (Å²) >= 11 is 0. The van der Waals surface area contributed by atoms with Crippen LogP contribution in [-0.4, -0.2) is 36.0 Å². The predicted molar refractivity (Wildman–Crippen MR) is 125 cm³/mol. The molecule has 0 radical (unpaired) electrons. The van der Waals surface area contributed by atoms with E-state index in [0.717, 1.165) is 30.3 Å². The molecule has 160 valence electrons. The number of allylic oxidation sites excluding steroid dienone is 1. The molecule has 0 spiro atoms. The molecule has 0 unspecified atom stereocenters. The van der Waals surface area contributed by atoms with Crippen molar-refractivity contribution in [2.45, 2.75) is 19.8 Å². The topological polar surface area (TPSA) is 84.3 Å². The highest BCUT2D eigenvalue weighted by molar-refractivity contribution is 5.87. The Morgan fingerprint density at radius 1 is 1.22 bits per heavy atom. The molecule has 0 fully saturated rings. The number of aromatic amines is 1. The van der Waals surface area contributed by atoms with Crippen LogP contribution in [0.15, 0.2) is 61.8 Å². The van der Waals surface area contributed by atoms with E-state index in [9.17, 15) is 4.39 Å². The molecule has 8 heteroatoms. The number of para-hydroxylation sites is 1. The number of pyridine rings is 1. The average molecular weight is 427 g/mol. The van der Waals surface area contributed by atoms with Gasteiger partial charge in [-0.1, -0.05) is 31.7 Å². The summed E-state index contributed by atoms with van der Waals surface area (Å²) < 4.78 is 15.6. The molecule has 7 nitrogen and oxygen atoms in total. The summed E-state index contributed by atoms with van der Waals surface area (Å²) in [6.07, 6.45) is 7.99. The van der Waals surface area contributed by atoms with Gasteiger partial charge in [-0.3, -0.25) is 9.55 Å². The number of rotatable bonds is 7. The maximum Gasteiger partial charge on any atom is 0.170 e. The fourth-order valence-corrected chi connectivity index (χ4v) is 3.74. The van der Waals surface area contributed by atoms with E-state index < -0.39 is 5.82 Å². The summed E-state index contributed by atoms with van der Waals surface area (Å²) in [4.78, 5) is 21.1. The van der Waals surface area contributed by atoms with Crippen LogP contribution < -0.4 is 5.32 Å². The van der Waals surface area contributed by atoms with Gasteiger partial charge in [-0.2, -0.15) is 0 Å².